The van der Waals surface area contributed by atoms with Crippen molar-refractivity contribution in [2.45, 2.75) is 12.8 Å². The average molecular weight is 613 g/mol. The molecule has 226 valence electrons. The molecule has 0 atom stereocenters. The standard InChI is InChI=1S/C46H32N2/c1-2-11-31(12-3-1)34-15-10-16-37(27-34)47-43-19-8-6-17-39(43)41-29-35(22-25-45(41)47)36-23-26-46-42(30-36)40-18-7-9-20-44(40)48(46)38-24-21-32-13-4-5-14-33(32)28-38/h1-8,10-19,21-30H,9,20H2. The van der Waals surface area contributed by atoms with Crippen LogP contribution >= 0.6 is 0 Å². The molecule has 1 aliphatic carbocycles. The topological polar surface area (TPSA) is 9.86 Å². The van der Waals surface area contributed by atoms with Gasteiger partial charge < -0.3 is 9.13 Å². The molecule has 0 bridgehead atoms. The summed E-state index contributed by atoms with van der Waals surface area (Å²) >= 11 is 0. The number of para-hydroxylation sites is 1. The zero-order valence-electron chi connectivity index (χ0n) is 26.5. The highest BCUT2D eigenvalue weighted by Crippen LogP contribution is 2.39. The van der Waals surface area contributed by atoms with Gasteiger partial charge in [0, 0.05) is 38.8 Å². The molecule has 9 aromatic rings. The van der Waals surface area contributed by atoms with E-state index in [1.54, 1.807) is 0 Å². The summed E-state index contributed by atoms with van der Waals surface area (Å²) in [5, 5.41) is 6.39. The summed E-state index contributed by atoms with van der Waals surface area (Å²) in [6.45, 7) is 0. The van der Waals surface area contributed by atoms with E-state index >= 15 is 0 Å². The monoisotopic (exact) mass is 612 g/mol. The fourth-order valence-electron chi connectivity index (χ4n) is 7.90. The number of aromatic nitrogens is 2. The maximum atomic E-state index is 2.49. The second-order valence-corrected chi connectivity index (χ2v) is 12.9. The maximum Gasteiger partial charge on any atom is 0.0541 e. The van der Waals surface area contributed by atoms with Gasteiger partial charge in [-0.3, -0.25) is 0 Å². The molecule has 0 amide bonds. The Labute approximate surface area is 279 Å². The Hall–Kier alpha value is -6.12. The van der Waals surface area contributed by atoms with Gasteiger partial charge in [-0.25, -0.2) is 0 Å². The largest absolute Gasteiger partial charge is 0.313 e. The Balaban J connectivity index is 1.13. The first-order chi connectivity index (χ1) is 23.8. The number of fused-ring (bicyclic) bond motifs is 7. The van der Waals surface area contributed by atoms with Crippen molar-refractivity contribution in [3.05, 3.63) is 175 Å². The number of hydrogen-bond acceptors (Lipinski definition) is 0. The molecule has 0 aliphatic heterocycles. The summed E-state index contributed by atoms with van der Waals surface area (Å²) in [5.41, 5.74) is 13.8. The molecule has 0 radical (unpaired) electrons. The van der Waals surface area contributed by atoms with E-state index in [2.05, 4.69) is 179 Å². The Kier molecular flexibility index (Phi) is 6.04. The van der Waals surface area contributed by atoms with Gasteiger partial charge in [-0.1, -0.05) is 115 Å². The molecule has 2 heterocycles. The van der Waals surface area contributed by atoms with E-state index in [9.17, 15) is 0 Å². The lowest BCUT2D eigenvalue weighted by Gasteiger charge is -2.14. The minimum atomic E-state index is 1.04. The average Bonchev–Trinajstić information content (AvgIpc) is 3.67. The Bertz CT molecular complexity index is 2720. The molecule has 2 nitrogen and oxygen atoms in total. The molecule has 0 fully saturated rings. The zero-order chi connectivity index (χ0) is 31.6. The minimum absolute atomic E-state index is 1.04. The van der Waals surface area contributed by atoms with Crippen molar-refractivity contribution in [3.63, 3.8) is 0 Å². The summed E-state index contributed by atoms with van der Waals surface area (Å²) in [6, 6.07) is 57.8. The van der Waals surface area contributed by atoms with Crippen LogP contribution in [0.1, 0.15) is 17.7 Å². The van der Waals surface area contributed by atoms with Crippen LogP contribution in [0.15, 0.2) is 164 Å². The molecule has 1 aliphatic rings. The van der Waals surface area contributed by atoms with Gasteiger partial charge >= 0.3 is 0 Å². The lowest BCUT2D eigenvalue weighted by Crippen LogP contribution is -2.02. The molecule has 0 saturated heterocycles. The van der Waals surface area contributed by atoms with E-state index in [0.717, 1.165) is 12.8 Å². The Morgan fingerprint density at radius 3 is 1.94 bits per heavy atom. The predicted molar refractivity (Wildman–Crippen MR) is 203 cm³/mol. The van der Waals surface area contributed by atoms with Gasteiger partial charge in [0.05, 0.1) is 16.6 Å². The van der Waals surface area contributed by atoms with E-state index in [0.29, 0.717) is 0 Å². The first kappa shape index (κ1) is 27.0. The Morgan fingerprint density at radius 2 is 1.06 bits per heavy atom. The van der Waals surface area contributed by atoms with Crippen molar-refractivity contribution < 1.29 is 0 Å². The number of benzene rings is 7. The van der Waals surface area contributed by atoms with Gasteiger partial charge in [0.1, 0.15) is 0 Å². The molecule has 0 N–H and O–H groups in total. The van der Waals surface area contributed by atoms with E-state index in [1.165, 1.54) is 88.4 Å². The SMILES string of the molecule is C1=Cc2c(n(-c3ccc4ccccc4c3)c3ccc(-c4ccc5c(c4)c4ccccc4n5-c4cccc(-c5ccccc5)c4)cc23)CC1. The first-order valence-corrected chi connectivity index (χ1v) is 16.8. The Morgan fingerprint density at radius 1 is 0.396 bits per heavy atom. The number of nitrogens with zero attached hydrogens (tertiary/aromatic N) is 2. The zero-order valence-corrected chi connectivity index (χ0v) is 26.5. The number of allylic oxidation sites excluding steroid dienone is 1. The highest BCUT2D eigenvalue weighted by molar-refractivity contribution is 6.11. The van der Waals surface area contributed by atoms with Gasteiger partial charge in [-0.05, 0) is 100 Å². The molecule has 7 aromatic carbocycles. The molecule has 48 heavy (non-hydrogen) atoms. The minimum Gasteiger partial charge on any atom is -0.313 e. The summed E-state index contributed by atoms with van der Waals surface area (Å²) in [4.78, 5) is 0. The number of hydrogen-bond donors (Lipinski definition) is 0. The molecule has 2 aromatic heterocycles. The third-order valence-corrected chi connectivity index (χ3v) is 10.1. The summed E-state index contributed by atoms with van der Waals surface area (Å²) in [7, 11) is 0. The molecule has 0 unspecified atom stereocenters. The first-order valence-electron chi connectivity index (χ1n) is 16.8. The van der Waals surface area contributed by atoms with Crippen LogP contribution in [0.4, 0.5) is 0 Å². The molecular weight excluding hydrogens is 581 g/mol. The normalized spacial score (nSPS) is 12.8. The van der Waals surface area contributed by atoms with Crippen LogP contribution < -0.4 is 0 Å². The van der Waals surface area contributed by atoms with Gasteiger partial charge in [0.25, 0.3) is 0 Å². The quantitative estimate of drug-likeness (QED) is 0.187. The van der Waals surface area contributed by atoms with E-state index in [-0.39, 0.29) is 0 Å². The van der Waals surface area contributed by atoms with Gasteiger partial charge in [0.15, 0.2) is 0 Å². The fourth-order valence-corrected chi connectivity index (χ4v) is 7.90. The van der Waals surface area contributed by atoms with Crippen molar-refractivity contribution in [1.29, 1.82) is 0 Å². The van der Waals surface area contributed by atoms with Crippen molar-refractivity contribution >= 4 is 49.6 Å². The third-order valence-electron chi connectivity index (χ3n) is 10.1. The van der Waals surface area contributed by atoms with Crippen molar-refractivity contribution in [2.75, 3.05) is 0 Å². The van der Waals surface area contributed by atoms with Crippen LogP contribution in [0.3, 0.4) is 0 Å². The lowest BCUT2D eigenvalue weighted by molar-refractivity contribution is 0.889. The molecular formula is C46H32N2. The highest BCUT2D eigenvalue weighted by Gasteiger charge is 2.20. The molecule has 10 rings (SSSR count). The predicted octanol–water partition coefficient (Wildman–Crippen LogP) is 12.2. The molecule has 0 spiro atoms. The lowest BCUT2D eigenvalue weighted by atomic mass is 9.98. The van der Waals surface area contributed by atoms with Crippen LogP contribution in [0.25, 0.3) is 83.2 Å². The smallest absolute Gasteiger partial charge is 0.0541 e. The van der Waals surface area contributed by atoms with Crippen LogP contribution in [-0.2, 0) is 6.42 Å². The number of rotatable bonds is 4. The van der Waals surface area contributed by atoms with E-state index < -0.39 is 0 Å². The van der Waals surface area contributed by atoms with Gasteiger partial charge in [-0.2, -0.15) is 0 Å². The summed E-state index contributed by atoms with van der Waals surface area (Å²) in [6.07, 6.45) is 6.77. The van der Waals surface area contributed by atoms with Crippen LogP contribution in [0.2, 0.25) is 0 Å². The van der Waals surface area contributed by atoms with Crippen LogP contribution in [0, 0.1) is 0 Å². The second-order valence-electron chi connectivity index (χ2n) is 12.9. The molecule has 0 saturated carbocycles. The van der Waals surface area contributed by atoms with E-state index in [1.807, 2.05) is 0 Å². The van der Waals surface area contributed by atoms with Crippen LogP contribution in [-0.4, -0.2) is 9.13 Å². The maximum absolute atomic E-state index is 2.49. The summed E-state index contributed by atoms with van der Waals surface area (Å²) in [5.74, 6) is 0. The highest BCUT2D eigenvalue weighted by atomic mass is 15.0. The van der Waals surface area contributed by atoms with Gasteiger partial charge in [0.2, 0.25) is 0 Å². The van der Waals surface area contributed by atoms with Crippen LogP contribution in [0.5, 0.6) is 0 Å². The van der Waals surface area contributed by atoms with Gasteiger partial charge in [-0.15, -0.1) is 0 Å². The van der Waals surface area contributed by atoms with Crippen molar-refractivity contribution in [1.82, 2.24) is 9.13 Å². The van der Waals surface area contributed by atoms with Crippen molar-refractivity contribution in [2.24, 2.45) is 0 Å². The molecule has 2 heteroatoms. The third kappa shape index (κ3) is 4.19. The van der Waals surface area contributed by atoms with Crippen molar-refractivity contribution in [3.8, 4) is 33.6 Å². The van der Waals surface area contributed by atoms with E-state index in [4.69, 9.17) is 0 Å². The fraction of sp³-hybridized carbons (Fsp3) is 0.0435. The summed E-state index contributed by atoms with van der Waals surface area (Å²) < 4.78 is 4.90. The second kappa shape index (κ2) is 10.7.